The van der Waals surface area contributed by atoms with Gasteiger partial charge in [0, 0.05) is 5.69 Å². The van der Waals surface area contributed by atoms with Crippen molar-refractivity contribution in [3.05, 3.63) is 95.3 Å². The molecule has 1 aromatic heterocycles. The number of fused-ring (bicyclic) bond motifs is 1. The zero-order valence-electron chi connectivity index (χ0n) is 15.3. The van der Waals surface area contributed by atoms with Gasteiger partial charge in [0.1, 0.15) is 12.4 Å². The Morgan fingerprint density at radius 1 is 1.07 bits per heavy atom. The van der Waals surface area contributed by atoms with Crippen molar-refractivity contribution < 1.29 is 9.53 Å². The largest absolute Gasteiger partial charge is 0.457 e. The number of carbonyl (C=O) groups is 1. The second-order valence-corrected chi connectivity index (χ2v) is 6.42. The fourth-order valence-electron chi connectivity index (χ4n) is 3.19. The SMILES string of the molecule is Cc1nc2cc(C(=O)OCc3cccc(C#N)c3)ccc2n1-c1ccccc1. The molecule has 0 unspecified atom stereocenters. The second-order valence-electron chi connectivity index (χ2n) is 6.42. The predicted molar refractivity (Wildman–Crippen MR) is 106 cm³/mol. The molecule has 5 nitrogen and oxygen atoms in total. The van der Waals surface area contributed by atoms with Crippen molar-refractivity contribution in [3.63, 3.8) is 0 Å². The highest BCUT2D eigenvalue weighted by molar-refractivity contribution is 5.94. The Morgan fingerprint density at radius 2 is 1.89 bits per heavy atom. The number of nitrogens with zero attached hydrogens (tertiary/aromatic N) is 3. The van der Waals surface area contributed by atoms with Gasteiger partial charge in [-0.1, -0.05) is 30.3 Å². The number of aromatic nitrogens is 2. The van der Waals surface area contributed by atoms with E-state index in [-0.39, 0.29) is 6.61 Å². The molecule has 0 saturated carbocycles. The summed E-state index contributed by atoms with van der Waals surface area (Å²) < 4.78 is 7.45. The summed E-state index contributed by atoms with van der Waals surface area (Å²) in [4.78, 5) is 17.0. The number of rotatable bonds is 4. The first-order chi connectivity index (χ1) is 13.7. The van der Waals surface area contributed by atoms with Crippen LogP contribution < -0.4 is 0 Å². The zero-order chi connectivity index (χ0) is 19.5. The van der Waals surface area contributed by atoms with E-state index in [2.05, 4.69) is 15.6 Å². The number of nitriles is 1. The molecule has 0 atom stereocenters. The topological polar surface area (TPSA) is 67.9 Å². The molecule has 0 bridgehead atoms. The molecule has 0 N–H and O–H groups in total. The van der Waals surface area contributed by atoms with E-state index in [9.17, 15) is 4.79 Å². The highest BCUT2D eigenvalue weighted by Crippen LogP contribution is 2.22. The zero-order valence-corrected chi connectivity index (χ0v) is 15.3. The van der Waals surface area contributed by atoms with E-state index in [0.29, 0.717) is 11.1 Å². The van der Waals surface area contributed by atoms with E-state index < -0.39 is 5.97 Å². The summed E-state index contributed by atoms with van der Waals surface area (Å²) in [6.07, 6.45) is 0. The average Bonchev–Trinajstić information content (AvgIpc) is 3.07. The van der Waals surface area contributed by atoms with Gasteiger partial charge < -0.3 is 4.74 Å². The lowest BCUT2D eigenvalue weighted by Gasteiger charge is -2.07. The molecule has 0 aliphatic carbocycles. The Bertz CT molecular complexity index is 1200. The Hall–Kier alpha value is -3.91. The summed E-state index contributed by atoms with van der Waals surface area (Å²) in [6.45, 7) is 2.05. The number of ether oxygens (including phenoxy) is 1. The van der Waals surface area contributed by atoms with Crippen LogP contribution in [0.3, 0.4) is 0 Å². The highest BCUT2D eigenvalue weighted by Gasteiger charge is 2.13. The van der Waals surface area contributed by atoms with Crippen molar-refractivity contribution in [2.24, 2.45) is 0 Å². The van der Waals surface area contributed by atoms with Crippen LogP contribution in [0.2, 0.25) is 0 Å². The van der Waals surface area contributed by atoms with Crippen molar-refractivity contribution in [1.82, 2.24) is 9.55 Å². The molecule has 28 heavy (non-hydrogen) atoms. The van der Waals surface area contributed by atoms with E-state index in [1.807, 2.05) is 49.4 Å². The van der Waals surface area contributed by atoms with Crippen molar-refractivity contribution in [2.75, 3.05) is 0 Å². The third-order valence-electron chi connectivity index (χ3n) is 4.50. The molecule has 4 aromatic rings. The van der Waals surface area contributed by atoms with E-state index in [1.54, 1.807) is 30.3 Å². The molecular weight excluding hydrogens is 350 g/mol. The minimum absolute atomic E-state index is 0.115. The smallest absolute Gasteiger partial charge is 0.338 e. The van der Waals surface area contributed by atoms with Crippen molar-refractivity contribution in [3.8, 4) is 11.8 Å². The van der Waals surface area contributed by atoms with Crippen LogP contribution in [0.4, 0.5) is 0 Å². The van der Waals surface area contributed by atoms with Crippen LogP contribution in [0.1, 0.15) is 27.3 Å². The van der Waals surface area contributed by atoms with Crippen molar-refractivity contribution >= 4 is 17.0 Å². The van der Waals surface area contributed by atoms with Crippen LogP contribution >= 0.6 is 0 Å². The van der Waals surface area contributed by atoms with Crippen LogP contribution in [0, 0.1) is 18.3 Å². The van der Waals surface area contributed by atoms with Crippen molar-refractivity contribution in [1.29, 1.82) is 5.26 Å². The van der Waals surface area contributed by atoms with Gasteiger partial charge in [-0.15, -0.1) is 0 Å². The molecule has 4 rings (SSSR count). The molecule has 0 radical (unpaired) electrons. The van der Waals surface area contributed by atoms with Gasteiger partial charge in [0.15, 0.2) is 0 Å². The first-order valence-electron chi connectivity index (χ1n) is 8.86. The maximum Gasteiger partial charge on any atom is 0.338 e. The molecule has 1 heterocycles. The van der Waals surface area contributed by atoms with Gasteiger partial charge in [-0.25, -0.2) is 9.78 Å². The molecule has 136 valence electrons. The van der Waals surface area contributed by atoms with E-state index >= 15 is 0 Å². The van der Waals surface area contributed by atoms with Crippen LogP contribution in [-0.4, -0.2) is 15.5 Å². The second kappa shape index (κ2) is 7.37. The third kappa shape index (κ3) is 3.36. The maximum atomic E-state index is 12.5. The van der Waals surface area contributed by atoms with E-state index in [1.165, 1.54) is 0 Å². The molecular formula is C23H17N3O2. The number of aryl methyl sites for hydroxylation is 1. The average molecular weight is 367 g/mol. The van der Waals surface area contributed by atoms with E-state index in [4.69, 9.17) is 10.00 Å². The number of imidazole rings is 1. The molecule has 0 aliphatic rings. The number of hydrogen-bond acceptors (Lipinski definition) is 4. The molecule has 0 fully saturated rings. The minimum Gasteiger partial charge on any atom is -0.457 e. The normalized spacial score (nSPS) is 10.6. The number of carbonyl (C=O) groups excluding carboxylic acids is 1. The quantitative estimate of drug-likeness (QED) is 0.496. The molecule has 3 aromatic carbocycles. The van der Waals surface area contributed by atoms with Crippen molar-refractivity contribution in [2.45, 2.75) is 13.5 Å². The van der Waals surface area contributed by atoms with Crippen LogP contribution in [0.25, 0.3) is 16.7 Å². The van der Waals surface area contributed by atoms with E-state index in [0.717, 1.165) is 28.1 Å². The monoisotopic (exact) mass is 367 g/mol. The molecule has 5 heteroatoms. The number of para-hydroxylation sites is 1. The number of benzene rings is 3. The molecule has 0 saturated heterocycles. The summed E-state index contributed by atoms with van der Waals surface area (Å²) in [7, 11) is 0. The van der Waals surface area contributed by atoms with Gasteiger partial charge >= 0.3 is 5.97 Å². The lowest BCUT2D eigenvalue weighted by atomic mass is 10.1. The summed E-state index contributed by atoms with van der Waals surface area (Å²) in [5.74, 6) is 0.427. The van der Waals surface area contributed by atoms with Gasteiger partial charge in [0.2, 0.25) is 0 Å². The minimum atomic E-state index is -0.420. The first-order valence-corrected chi connectivity index (χ1v) is 8.86. The van der Waals surface area contributed by atoms with Crippen LogP contribution in [0.15, 0.2) is 72.8 Å². The summed E-state index contributed by atoms with van der Waals surface area (Å²) in [5.41, 5.74) is 4.45. The number of hydrogen-bond donors (Lipinski definition) is 0. The fourth-order valence-corrected chi connectivity index (χ4v) is 3.19. The Balaban J connectivity index is 1.58. The van der Waals surface area contributed by atoms with Gasteiger partial charge in [-0.05, 0) is 55.0 Å². The molecule has 0 aliphatic heterocycles. The summed E-state index contributed by atoms with van der Waals surface area (Å²) in [5, 5.41) is 8.96. The predicted octanol–water partition coefficient (Wildman–Crippen LogP) is 4.56. The molecule has 0 spiro atoms. The first kappa shape index (κ1) is 17.5. The molecule has 0 amide bonds. The Labute approximate surface area is 162 Å². The lowest BCUT2D eigenvalue weighted by Crippen LogP contribution is -2.05. The van der Waals surface area contributed by atoms with Gasteiger partial charge in [-0.3, -0.25) is 4.57 Å². The highest BCUT2D eigenvalue weighted by atomic mass is 16.5. The number of esters is 1. The lowest BCUT2D eigenvalue weighted by molar-refractivity contribution is 0.0473. The van der Waals surface area contributed by atoms with Crippen LogP contribution in [0.5, 0.6) is 0 Å². The van der Waals surface area contributed by atoms with Gasteiger partial charge in [0.25, 0.3) is 0 Å². The summed E-state index contributed by atoms with van der Waals surface area (Å²) in [6, 6.07) is 24.4. The van der Waals surface area contributed by atoms with Gasteiger partial charge in [0.05, 0.1) is 28.2 Å². The Morgan fingerprint density at radius 3 is 2.68 bits per heavy atom. The fraction of sp³-hybridized carbons (Fsp3) is 0.0870. The standard InChI is InChI=1S/C23H17N3O2/c1-16-25-21-13-19(10-11-22(21)26(16)20-8-3-2-4-9-20)23(27)28-15-18-7-5-6-17(12-18)14-24/h2-13H,15H2,1H3. The Kier molecular flexibility index (Phi) is 4.61. The van der Waals surface area contributed by atoms with Crippen LogP contribution in [-0.2, 0) is 11.3 Å². The van der Waals surface area contributed by atoms with Gasteiger partial charge in [-0.2, -0.15) is 5.26 Å². The maximum absolute atomic E-state index is 12.5. The third-order valence-corrected chi connectivity index (χ3v) is 4.50. The summed E-state index contributed by atoms with van der Waals surface area (Å²) >= 11 is 0.